The Kier molecular flexibility index (Phi) is 5.51. The van der Waals surface area contributed by atoms with Crippen molar-refractivity contribution in [2.45, 2.75) is 30.4 Å². The smallest absolute Gasteiger partial charge is 0.325 e. The number of anilines is 1. The molecule has 0 unspecified atom stereocenters. The zero-order valence-corrected chi connectivity index (χ0v) is 14.4. The van der Waals surface area contributed by atoms with Crippen LogP contribution in [0.25, 0.3) is 0 Å². The third-order valence-electron chi connectivity index (χ3n) is 3.30. The minimum Gasteiger partial charge on any atom is -0.325 e. The van der Waals surface area contributed by atoms with Crippen molar-refractivity contribution >= 4 is 29.1 Å². The van der Waals surface area contributed by atoms with Gasteiger partial charge < -0.3 is 9.88 Å². The molecule has 1 heterocycles. The summed E-state index contributed by atoms with van der Waals surface area (Å²) in [5, 5.41) is 8.52. The van der Waals surface area contributed by atoms with Gasteiger partial charge in [0.05, 0.1) is 5.25 Å². The van der Waals surface area contributed by atoms with Crippen LogP contribution in [0.3, 0.4) is 0 Å². The normalized spacial score (nSPS) is 12.7. The molecule has 1 N–H and O–H groups in total. The minimum atomic E-state index is -4.61. The molecule has 0 aliphatic rings. The molecule has 1 aromatic carbocycles. The van der Waals surface area contributed by atoms with Crippen LogP contribution in [0.15, 0.2) is 29.4 Å². The number of Topliss-reactive ketones (excluding diaryl/α,β-unsaturated/α-hetero) is 1. The van der Waals surface area contributed by atoms with E-state index in [1.54, 1.807) is 31.2 Å². The first-order valence-electron chi connectivity index (χ1n) is 7.14. The fourth-order valence-corrected chi connectivity index (χ4v) is 2.72. The maximum atomic E-state index is 12.7. The lowest BCUT2D eigenvalue weighted by Crippen LogP contribution is -2.23. The molecule has 0 saturated heterocycles. The van der Waals surface area contributed by atoms with Gasteiger partial charge in [-0.05, 0) is 38.1 Å². The van der Waals surface area contributed by atoms with Gasteiger partial charge in [-0.25, -0.2) is 0 Å². The van der Waals surface area contributed by atoms with Crippen molar-refractivity contribution in [3.63, 3.8) is 0 Å². The van der Waals surface area contributed by atoms with E-state index in [-0.39, 0.29) is 10.9 Å². The molecule has 6 nitrogen and oxygen atoms in total. The van der Waals surface area contributed by atoms with Crippen molar-refractivity contribution in [3.05, 3.63) is 35.7 Å². The van der Waals surface area contributed by atoms with Gasteiger partial charge in [0.25, 0.3) is 0 Å². The van der Waals surface area contributed by atoms with Gasteiger partial charge in [-0.3, -0.25) is 9.59 Å². The Balaban J connectivity index is 2.03. The van der Waals surface area contributed by atoms with Gasteiger partial charge in [0.15, 0.2) is 10.9 Å². The topological polar surface area (TPSA) is 76.9 Å². The molecule has 0 bridgehead atoms. The van der Waals surface area contributed by atoms with Gasteiger partial charge in [0.1, 0.15) is 0 Å². The van der Waals surface area contributed by atoms with Gasteiger partial charge in [0, 0.05) is 18.3 Å². The lowest BCUT2D eigenvalue weighted by atomic mass is 10.1. The lowest BCUT2D eigenvalue weighted by Gasteiger charge is -2.12. The molecule has 134 valence electrons. The van der Waals surface area contributed by atoms with Crippen LogP contribution < -0.4 is 5.32 Å². The molecule has 1 aromatic heterocycles. The summed E-state index contributed by atoms with van der Waals surface area (Å²) in [4.78, 5) is 23.4. The van der Waals surface area contributed by atoms with E-state index in [1.165, 1.54) is 14.0 Å². The first-order chi connectivity index (χ1) is 11.6. The molecule has 2 rings (SSSR count). The number of carbonyl (C=O) groups is 2. The molecule has 10 heteroatoms. The minimum absolute atomic E-state index is 0.0121. The van der Waals surface area contributed by atoms with E-state index in [4.69, 9.17) is 0 Å². The molecule has 1 atom stereocenters. The summed E-state index contributed by atoms with van der Waals surface area (Å²) in [5.41, 5.74) is 0.996. The van der Waals surface area contributed by atoms with Crippen LogP contribution in [0.5, 0.6) is 0 Å². The third-order valence-corrected chi connectivity index (χ3v) is 4.43. The fourth-order valence-electron chi connectivity index (χ4n) is 1.91. The van der Waals surface area contributed by atoms with Gasteiger partial charge in [-0.1, -0.05) is 11.8 Å². The second-order valence-electron chi connectivity index (χ2n) is 5.25. The van der Waals surface area contributed by atoms with Crippen molar-refractivity contribution in [2.75, 3.05) is 5.32 Å². The number of ketones is 1. The lowest BCUT2D eigenvalue weighted by molar-refractivity contribution is -0.147. The second-order valence-corrected chi connectivity index (χ2v) is 6.55. The molecule has 0 radical (unpaired) electrons. The van der Waals surface area contributed by atoms with E-state index in [2.05, 4.69) is 15.5 Å². The van der Waals surface area contributed by atoms with Crippen molar-refractivity contribution in [2.24, 2.45) is 7.05 Å². The number of thioether (sulfide) groups is 1. The SMILES string of the molecule is CC(=O)c1ccc(NC(=O)[C@H](C)Sc2nnc(C(F)(F)F)n2C)cc1. The number of hydrogen-bond acceptors (Lipinski definition) is 5. The summed E-state index contributed by atoms with van der Waals surface area (Å²) in [6.45, 7) is 2.98. The Morgan fingerprint density at radius 2 is 1.80 bits per heavy atom. The predicted octanol–water partition coefficient (Wildman–Crippen LogP) is 3.16. The highest BCUT2D eigenvalue weighted by Crippen LogP contribution is 2.31. The van der Waals surface area contributed by atoms with Crippen molar-refractivity contribution in [3.8, 4) is 0 Å². The van der Waals surface area contributed by atoms with Crippen LogP contribution in [0.2, 0.25) is 0 Å². The highest BCUT2D eigenvalue weighted by molar-refractivity contribution is 8.00. The highest BCUT2D eigenvalue weighted by Gasteiger charge is 2.37. The summed E-state index contributed by atoms with van der Waals surface area (Å²) in [6.07, 6.45) is -4.61. The van der Waals surface area contributed by atoms with Crippen molar-refractivity contribution in [1.29, 1.82) is 0 Å². The molecule has 0 fully saturated rings. The predicted molar refractivity (Wildman–Crippen MR) is 86.4 cm³/mol. The number of amides is 1. The van der Waals surface area contributed by atoms with Gasteiger partial charge in [0.2, 0.25) is 11.7 Å². The number of nitrogens with one attached hydrogen (secondary N) is 1. The third kappa shape index (κ3) is 4.59. The Morgan fingerprint density at radius 1 is 1.20 bits per heavy atom. The van der Waals surface area contributed by atoms with E-state index < -0.39 is 23.2 Å². The van der Waals surface area contributed by atoms with Gasteiger partial charge in [-0.15, -0.1) is 10.2 Å². The molecule has 0 aliphatic heterocycles. The molecule has 0 spiro atoms. The summed E-state index contributed by atoms with van der Waals surface area (Å²) in [7, 11) is 1.19. The molecular formula is C15H15F3N4O2S. The maximum Gasteiger partial charge on any atom is 0.451 e. The van der Waals surface area contributed by atoms with Crippen LogP contribution in [0.1, 0.15) is 30.0 Å². The van der Waals surface area contributed by atoms with E-state index in [9.17, 15) is 22.8 Å². The number of halogens is 3. The molecular weight excluding hydrogens is 357 g/mol. The first-order valence-corrected chi connectivity index (χ1v) is 8.02. The van der Waals surface area contributed by atoms with Crippen LogP contribution in [0, 0.1) is 0 Å². The number of aromatic nitrogens is 3. The maximum absolute atomic E-state index is 12.7. The number of alkyl halides is 3. The second kappa shape index (κ2) is 7.26. The molecule has 2 aromatic rings. The average molecular weight is 372 g/mol. The standard InChI is InChI=1S/C15H15F3N4O2S/c1-8(23)10-4-6-11(7-5-10)19-12(24)9(2)25-14-21-20-13(22(14)3)15(16,17)18/h4-7,9H,1-3H3,(H,19,24)/t9-/m0/s1. The van der Waals surface area contributed by atoms with Crippen LogP contribution >= 0.6 is 11.8 Å². The van der Waals surface area contributed by atoms with E-state index >= 15 is 0 Å². The van der Waals surface area contributed by atoms with E-state index in [0.717, 1.165) is 16.3 Å². The van der Waals surface area contributed by atoms with Crippen molar-refractivity contribution < 1.29 is 22.8 Å². The summed E-state index contributed by atoms with van der Waals surface area (Å²) in [6, 6.07) is 6.31. The van der Waals surface area contributed by atoms with Gasteiger partial charge >= 0.3 is 6.18 Å². The number of nitrogens with zero attached hydrogens (tertiary/aromatic N) is 3. The largest absolute Gasteiger partial charge is 0.451 e. The zero-order valence-electron chi connectivity index (χ0n) is 13.6. The Labute approximate surface area is 145 Å². The quantitative estimate of drug-likeness (QED) is 0.644. The first kappa shape index (κ1) is 19.0. The van der Waals surface area contributed by atoms with Crippen LogP contribution in [-0.2, 0) is 18.0 Å². The van der Waals surface area contributed by atoms with Gasteiger partial charge in [-0.2, -0.15) is 13.2 Å². The monoisotopic (exact) mass is 372 g/mol. The number of hydrogen-bond donors (Lipinski definition) is 1. The fraction of sp³-hybridized carbons (Fsp3) is 0.333. The van der Waals surface area contributed by atoms with E-state index in [1.807, 2.05) is 0 Å². The Morgan fingerprint density at radius 3 is 2.28 bits per heavy atom. The number of carbonyl (C=O) groups excluding carboxylic acids is 2. The molecule has 1 amide bonds. The average Bonchev–Trinajstić information content (AvgIpc) is 2.88. The zero-order chi connectivity index (χ0) is 18.8. The molecule has 0 aliphatic carbocycles. The number of benzene rings is 1. The van der Waals surface area contributed by atoms with E-state index in [0.29, 0.717) is 11.3 Å². The highest BCUT2D eigenvalue weighted by atomic mass is 32.2. The van der Waals surface area contributed by atoms with Crippen LogP contribution in [-0.4, -0.2) is 31.7 Å². The molecule has 25 heavy (non-hydrogen) atoms. The van der Waals surface area contributed by atoms with Crippen molar-refractivity contribution in [1.82, 2.24) is 14.8 Å². The Bertz CT molecular complexity index is 787. The van der Waals surface area contributed by atoms with Crippen LogP contribution in [0.4, 0.5) is 18.9 Å². The summed E-state index contributed by atoms with van der Waals surface area (Å²) < 4.78 is 38.9. The number of rotatable bonds is 5. The Hall–Kier alpha value is -2.36. The summed E-state index contributed by atoms with van der Waals surface area (Å²) >= 11 is 0.866. The molecule has 0 saturated carbocycles. The summed E-state index contributed by atoms with van der Waals surface area (Å²) in [5.74, 6) is -1.62.